The normalized spacial score (nSPS) is 24.9. The second kappa shape index (κ2) is 4.59. The van der Waals surface area contributed by atoms with Gasteiger partial charge in [-0.1, -0.05) is 64.8 Å². The summed E-state index contributed by atoms with van der Waals surface area (Å²) in [5.74, 6) is 0.395. The highest BCUT2D eigenvalue weighted by Gasteiger charge is 2.68. The molecule has 1 unspecified atom stereocenters. The Labute approximate surface area is 131 Å². The van der Waals surface area contributed by atoms with Crippen molar-refractivity contribution >= 4 is 37.8 Å². The number of rotatable bonds is 2. The summed E-state index contributed by atoms with van der Waals surface area (Å²) in [5.41, 5.74) is 0.835. The van der Waals surface area contributed by atoms with Crippen molar-refractivity contribution in [3.8, 4) is 5.75 Å². The molecule has 0 bridgehead atoms. The third-order valence-corrected chi connectivity index (χ3v) is 5.95. The van der Waals surface area contributed by atoms with Gasteiger partial charge in [-0.25, -0.2) is 0 Å². The molecule has 1 fully saturated rings. The van der Waals surface area contributed by atoms with Gasteiger partial charge in [-0.05, 0) is 36.5 Å². The number of benzene rings is 1. The molecule has 0 saturated heterocycles. The quantitative estimate of drug-likeness (QED) is 0.413. The highest BCUT2D eigenvalue weighted by Crippen LogP contribution is 2.66. The topological polar surface area (TPSA) is 26.3 Å². The summed E-state index contributed by atoms with van der Waals surface area (Å²) in [6, 6.07) is 7.73. The molecular weight excluding hydrogens is 372 g/mol. The molecule has 2 nitrogen and oxygen atoms in total. The fourth-order valence-corrected chi connectivity index (χ4v) is 3.31. The molecule has 0 N–H and O–H groups in total. The van der Waals surface area contributed by atoms with Crippen molar-refractivity contribution in [1.29, 1.82) is 0 Å². The van der Waals surface area contributed by atoms with E-state index in [4.69, 9.17) is 4.74 Å². The van der Waals surface area contributed by atoms with Gasteiger partial charge in [0.1, 0.15) is 5.75 Å². The van der Waals surface area contributed by atoms with E-state index in [9.17, 15) is 4.79 Å². The van der Waals surface area contributed by atoms with Gasteiger partial charge in [-0.3, -0.25) is 4.79 Å². The minimum Gasteiger partial charge on any atom is -0.426 e. The third-order valence-electron chi connectivity index (χ3n) is 3.64. The van der Waals surface area contributed by atoms with Crippen molar-refractivity contribution in [2.75, 3.05) is 0 Å². The highest BCUT2D eigenvalue weighted by atomic mass is 79.9. The van der Waals surface area contributed by atoms with Gasteiger partial charge in [0.25, 0.3) is 0 Å². The molecule has 4 heteroatoms. The standard InChI is InChI=1S/C15H18Br2O2/c1-13(2,3)10-5-7-11(8-6-10)19-12(18)14(4)9-15(14,16)17/h5-8H,9H2,1-4H3. The number of carbonyl (C=O) groups excluding carboxylic acids is 1. The van der Waals surface area contributed by atoms with Crippen LogP contribution in [0.15, 0.2) is 24.3 Å². The molecule has 0 aromatic heterocycles. The molecule has 0 aliphatic heterocycles. The largest absolute Gasteiger partial charge is 0.426 e. The molecule has 1 aliphatic rings. The minimum atomic E-state index is -0.490. The third kappa shape index (κ3) is 2.89. The average molecular weight is 390 g/mol. The van der Waals surface area contributed by atoms with Gasteiger partial charge >= 0.3 is 5.97 Å². The molecule has 1 aromatic rings. The SMILES string of the molecule is CC(C)(C)c1ccc(OC(=O)C2(C)CC2(Br)Br)cc1. The molecule has 0 spiro atoms. The Kier molecular flexibility index (Phi) is 3.63. The number of ether oxygens (including phenoxy) is 1. The van der Waals surface area contributed by atoms with Gasteiger partial charge in [0.2, 0.25) is 0 Å². The Hall–Kier alpha value is -0.350. The van der Waals surface area contributed by atoms with E-state index >= 15 is 0 Å². The molecule has 1 saturated carbocycles. The Morgan fingerprint density at radius 1 is 1.21 bits per heavy atom. The van der Waals surface area contributed by atoms with Crippen LogP contribution in [0.4, 0.5) is 0 Å². The molecule has 0 radical (unpaired) electrons. The molecule has 2 rings (SSSR count). The number of hydrogen-bond acceptors (Lipinski definition) is 2. The number of hydrogen-bond donors (Lipinski definition) is 0. The van der Waals surface area contributed by atoms with E-state index < -0.39 is 5.41 Å². The lowest BCUT2D eigenvalue weighted by atomic mass is 9.87. The van der Waals surface area contributed by atoms with Crippen LogP contribution in [0, 0.1) is 5.41 Å². The van der Waals surface area contributed by atoms with Crippen molar-refractivity contribution in [2.45, 2.75) is 42.8 Å². The molecule has 19 heavy (non-hydrogen) atoms. The number of carbonyl (C=O) groups is 1. The highest BCUT2D eigenvalue weighted by molar-refractivity contribution is 9.25. The van der Waals surface area contributed by atoms with E-state index in [0.717, 1.165) is 6.42 Å². The Bertz CT molecular complexity index is 500. The first-order valence-electron chi connectivity index (χ1n) is 6.27. The van der Waals surface area contributed by atoms with E-state index in [1.165, 1.54) is 5.56 Å². The van der Waals surface area contributed by atoms with Crippen molar-refractivity contribution in [3.63, 3.8) is 0 Å². The van der Waals surface area contributed by atoms with Gasteiger partial charge in [0.05, 0.1) is 8.65 Å². The van der Waals surface area contributed by atoms with Crippen LogP contribution < -0.4 is 4.74 Å². The molecule has 1 atom stereocenters. The van der Waals surface area contributed by atoms with Crippen molar-refractivity contribution in [1.82, 2.24) is 0 Å². The van der Waals surface area contributed by atoms with Crippen LogP contribution in [-0.2, 0) is 10.2 Å². The molecule has 1 aliphatic carbocycles. The Balaban J connectivity index is 2.07. The lowest BCUT2D eigenvalue weighted by Gasteiger charge is -2.19. The first kappa shape index (κ1) is 15.0. The predicted octanol–water partition coefficient (Wildman–Crippen LogP) is 4.79. The monoisotopic (exact) mass is 388 g/mol. The summed E-state index contributed by atoms with van der Waals surface area (Å²) in [6.07, 6.45) is 0.735. The summed E-state index contributed by atoms with van der Waals surface area (Å²) in [6.45, 7) is 8.36. The smallest absolute Gasteiger partial charge is 0.319 e. The van der Waals surface area contributed by atoms with Crippen LogP contribution >= 0.6 is 31.9 Å². The van der Waals surface area contributed by atoms with Crippen LogP contribution in [0.2, 0.25) is 0 Å². The summed E-state index contributed by atoms with van der Waals surface area (Å²) >= 11 is 6.95. The summed E-state index contributed by atoms with van der Waals surface area (Å²) in [5, 5.41) is 0. The summed E-state index contributed by atoms with van der Waals surface area (Å²) < 4.78 is 5.14. The first-order chi connectivity index (χ1) is 8.56. The van der Waals surface area contributed by atoms with Crippen LogP contribution in [0.3, 0.4) is 0 Å². The first-order valence-corrected chi connectivity index (χ1v) is 7.85. The maximum atomic E-state index is 12.1. The number of alkyl halides is 2. The van der Waals surface area contributed by atoms with Crippen LogP contribution in [-0.4, -0.2) is 9.20 Å². The predicted molar refractivity (Wildman–Crippen MR) is 84.1 cm³/mol. The second-order valence-corrected chi connectivity index (χ2v) is 10.1. The fourth-order valence-electron chi connectivity index (χ4n) is 1.86. The van der Waals surface area contributed by atoms with Gasteiger partial charge in [0.15, 0.2) is 0 Å². The van der Waals surface area contributed by atoms with Gasteiger partial charge < -0.3 is 4.74 Å². The Morgan fingerprint density at radius 3 is 2.05 bits per heavy atom. The van der Waals surface area contributed by atoms with Crippen LogP contribution in [0.5, 0.6) is 5.75 Å². The van der Waals surface area contributed by atoms with Crippen LogP contribution in [0.1, 0.15) is 39.7 Å². The zero-order valence-corrected chi connectivity index (χ0v) is 14.8. The maximum absolute atomic E-state index is 12.1. The van der Waals surface area contributed by atoms with Crippen LogP contribution in [0.25, 0.3) is 0 Å². The molecule has 0 heterocycles. The zero-order chi connectivity index (χ0) is 14.5. The van der Waals surface area contributed by atoms with E-state index in [0.29, 0.717) is 5.75 Å². The lowest BCUT2D eigenvalue weighted by Crippen LogP contribution is -2.23. The molecule has 1 aromatic carbocycles. The second-order valence-electron chi connectivity index (χ2n) is 6.38. The van der Waals surface area contributed by atoms with Crippen molar-refractivity contribution < 1.29 is 9.53 Å². The van der Waals surface area contributed by atoms with E-state index in [2.05, 4.69) is 52.6 Å². The summed E-state index contributed by atoms with van der Waals surface area (Å²) in [7, 11) is 0. The van der Waals surface area contributed by atoms with Crippen molar-refractivity contribution in [2.24, 2.45) is 5.41 Å². The molecule has 0 amide bonds. The average Bonchev–Trinajstić information content (AvgIpc) is 2.79. The van der Waals surface area contributed by atoms with Gasteiger partial charge in [0, 0.05) is 0 Å². The molecule has 104 valence electrons. The fraction of sp³-hybridized carbons (Fsp3) is 0.533. The minimum absolute atomic E-state index is 0.103. The van der Waals surface area contributed by atoms with Crippen molar-refractivity contribution in [3.05, 3.63) is 29.8 Å². The zero-order valence-electron chi connectivity index (χ0n) is 11.6. The number of halogens is 2. The number of esters is 1. The van der Waals surface area contributed by atoms with E-state index in [-0.39, 0.29) is 14.6 Å². The van der Waals surface area contributed by atoms with E-state index in [1.807, 2.05) is 31.2 Å². The molecular formula is C15H18Br2O2. The van der Waals surface area contributed by atoms with Gasteiger partial charge in [-0.15, -0.1) is 0 Å². The summed E-state index contributed by atoms with van der Waals surface area (Å²) in [4.78, 5) is 12.1. The Morgan fingerprint density at radius 2 is 1.68 bits per heavy atom. The maximum Gasteiger partial charge on any atom is 0.319 e. The lowest BCUT2D eigenvalue weighted by molar-refractivity contribution is -0.139. The van der Waals surface area contributed by atoms with Gasteiger partial charge in [-0.2, -0.15) is 0 Å². The van der Waals surface area contributed by atoms with E-state index in [1.54, 1.807) is 0 Å².